The van der Waals surface area contributed by atoms with Crippen LogP contribution in [0.15, 0.2) is 54.6 Å². The highest BCUT2D eigenvalue weighted by molar-refractivity contribution is 5.78. The van der Waals surface area contributed by atoms with Crippen LogP contribution in [0.5, 0.6) is 5.75 Å². The van der Waals surface area contributed by atoms with E-state index in [-0.39, 0.29) is 24.3 Å². The number of halogens is 1. The summed E-state index contributed by atoms with van der Waals surface area (Å²) in [6, 6.07) is 15.7. The number of carbonyl (C=O) groups excluding carboxylic acids is 1. The minimum Gasteiger partial charge on any atom is -0.492 e. The predicted molar refractivity (Wildman–Crippen MR) is 87.8 cm³/mol. The van der Waals surface area contributed by atoms with Crippen LogP contribution in [0.3, 0.4) is 0 Å². The minimum absolute atomic E-state index is 0.126. The van der Waals surface area contributed by atoms with E-state index in [4.69, 9.17) is 4.74 Å². The molecular weight excluding hydrogens is 295 g/mol. The molecule has 0 bridgehead atoms. The van der Waals surface area contributed by atoms with Crippen molar-refractivity contribution in [3.05, 3.63) is 66.0 Å². The van der Waals surface area contributed by atoms with E-state index in [0.29, 0.717) is 18.7 Å². The highest BCUT2D eigenvalue weighted by atomic mass is 19.1. The fourth-order valence-corrected chi connectivity index (χ4v) is 2.12. The number of hydrogen-bond donors (Lipinski definition) is 2. The molecule has 0 aliphatic heterocycles. The van der Waals surface area contributed by atoms with Crippen molar-refractivity contribution in [3.8, 4) is 5.75 Å². The van der Waals surface area contributed by atoms with Gasteiger partial charge in [-0.2, -0.15) is 0 Å². The van der Waals surface area contributed by atoms with Gasteiger partial charge < -0.3 is 15.4 Å². The number of rotatable bonds is 8. The van der Waals surface area contributed by atoms with Crippen molar-refractivity contribution in [2.45, 2.75) is 13.0 Å². The van der Waals surface area contributed by atoms with Gasteiger partial charge in [-0.25, -0.2) is 4.39 Å². The van der Waals surface area contributed by atoms with Crippen LogP contribution in [-0.2, 0) is 4.79 Å². The third kappa shape index (κ3) is 5.71. The Morgan fingerprint density at radius 3 is 2.57 bits per heavy atom. The van der Waals surface area contributed by atoms with Crippen molar-refractivity contribution in [1.29, 1.82) is 0 Å². The van der Waals surface area contributed by atoms with Gasteiger partial charge in [-0.05, 0) is 25.1 Å². The van der Waals surface area contributed by atoms with Crippen LogP contribution >= 0.6 is 0 Å². The molecule has 0 saturated heterocycles. The zero-order valence-corrected chi connectivity index (χ0v) is 13.1. The molecule has 4 nitrogen and oxygen atoms in total. The van der Waals surface area contributed by atoms with E-state index in [1.165, 1.54) is 6.07 Å². The second kappa shape index (κ2) is 8.90. The highest BCUT2D eigenvalue weighted by Gasteiger charge is 2.11. The van der Waals surface area contributed by atoms with Crippen molar-refractivity contribution >= 4 is 5.91 Å². The molecular formula is C18H21FN2O2. The van der Waals surface area contributed by atoms with Crippen LogP contribution in [0.4, 0.5) is 4.39 Å². The smallest absolute Gasteiger partial charge is 0.234 e. The molecule has 2 rings (SSSR count). The summed E-state index contributed by atoms with van der Waals surface area (Å²) < 4.78 is 19.1. The lowest BCUT2D eigenvalue weighted by Gasteiger charge is -2.15. The van der Waals surface area contributed by atoms with E-state index < -0.39 is 0 Å². The van der Waals surface area contributed by atoms with E-state index >= 15 is 0 Å². The molecule has 0 saturated carbocycles. The lowest BCUT2D eigenvalue weighted by atomic mass is 10.1. The van der Waals surface area contributed by atoms with Gasteiger partial charge >= 0.3 is 0 Å². The molecule has 0 aromatic heterocycles. The van der Waals surface area contributed by atoms with E-state index in [9.17, 15) is 9.18 Å². The first-order valence-electron chi connectivity index (χ1n) is 7.59. The van der Waals surface area contributed by atoms with Crippen molar-refractivity contribution in [3.63, 3.8) is 0 Å². The van der Waals surface area contributed by atoms with Gasteiger partial charge in [0.2, 0.25) is 5.91 Å². The Morgan fingerprint density at radius 2 is 1.83 bits per heavy atom. The summed E-state index contributed by atoms with van der Waals surface area (Å²) in [5, 5.41) is 5.76. The van der Waals surface area contributed by atoms with E-state index in [0.717, 1.165) is 5.75 Å². The minimum atomic E-state index is -0.274. The number of benzene rings is 2. The molecule has 2 aromatic carbocycles. The molecule has 1 amide bonds. The van der Waals surface area contributed by atoms with Gasteiger partial charge in [-0.15, -0.1) is 0 Å². The summed E-state index contributed by atoms with van der Waals surface area (Å²) >= 11 is 0. The number of amides is 1. The number of carbonyl (C=O) groups is 1. The van der Waals surface area contributed by atoms with Gasteiger partial charge in [0.1, 0.15) is 18.2 Å². The molecule has 2 N–H and O–H groups in total. The molecule has 1 unspecified atom stereocenters. The third-order valence-corrected chi connectivity index (χ3v) is 3.38. The molecule has 0 spiro atoms. The van der Waals surface area contributed by atoms with Crippen LogP contribution in [-0.4, -0.2) is 25.6 Å². The summed E-state index contributed by atoms with van der Waals surface area (Å²) in [7, 11) is 0. The monoisotopic (exact) mass is 316 g/mol. The fraction of sp³-hybridized carbons (Fsp3) is 0.278. The predicted octanol–water partition coefficient (Wildman–Crippen LogP) is 2.67. The Hall–Kier alpha value is -2.40. The van der Waals surface area contributed by atoms with Crippen LogP contribution in [0.1, 0.15) is 18.5 Å². The average Bonchev–Trinajstić information content (AvgIpc) is 2.58. The molecule has 0 aliphatic rings. The van der Waals surface area contributed by atoms with Gasteiger partial charge in [0.05, 0.1) is 13.1 Å². The molecule has 1 atom stereocenters. The van der Waals surface area contributed by atoms with Gasteiger partial charge in [0, 0.05) is 11.6 Å². The topological polar surface area (TPSA) is 50.4 Å². The van der Waals surface area contributed by atoms with E-state index in [1.54, 1.807) is 18.2 Å². The Bertz CT molecular complexity index is 619. The van der Waals surface area contributed by atoms with E-state index in [1.807, 2.05) is 37.3 Å². The van der Waals surface area contributed by atoms with Crippen LogP contribution < -0.4 is 15.4 Å². The number of hydrogen-bond acceptors (Lipinski definition) is 3. The van der Waals surface area contributed by atoms with Crippen molar-refractivity contribution in [2.24, 2.45) is 0 Å². The second-order valence-electron chi connectivity index (χ2n) is 5.14. The first-order valence-corrected chi connectivity index (χ1v) is 7.59. The molecule has 0 fully saturated rings. The van der Waals surface area contributed by atoms with Crippen molar-refractivity contribution in [1.82, 2.24) is 10.6 Å². The summed E-state index contributed by atoms with van der Waals surface area (Å²) in [4.78, 5) is 11.8. The number of para-hydroxylation sites is 1. The maximum absolute atomic E-state index is 13.6. The molecule has 0 radical (unpaired) electrons. The second-order valence-corrected chi connectivity index (χ2v) is 5.14. The summed E-state index contributed by atoms with van der Waals surface area (Å²) in [5.74, 6) is 0.349. The van der Waals surface area contributed by atoms with Gasteiger partial charge in [0.25, 0.3) is 0 Å². The Balaban J connectivity index is 1.64. The summed E-state index contributed by atoms with van der Waals surface area (Å²) in [6.07, 6.45) is 0. The van der Waals surface area contributed by atoms with Crippen molar-refractivity contribution in [2.75, 3.05) is 19.7 Å². The Labute approximate surface area is 135 Å². The van der Waals surface area contributed by atoms with Gasteiger partial charge in [-0.1, -0.05) is 36.4 Å². The van der Waals surface area contributed by atoms with Crippen molar-refractivity contribution < 1.29 is 13.9 Å². The number of nitrogens with one attached hydrogen (secondary N) is 2. The molecule has 5 heteroatoms. The van der Waals surface area contributed by atoms with Crippen LogP contribution in [0.25, 0.3) is 0 Å². The molecule has 0 aliphatic carbocycles. The first kappa shape index (κ1) is 17.0. The lowest BCUT2D eigenvalue weighted by molar-refractivity contribution is -0.120. The standard InChI is InChI=1S/C18H21FN2O2/c1-14(16-9-5-6-10-17(16)19)21-13-18(22)20-11-12-23-15-7-3-2-4-8-15/h2-10,14,21H,11-13H2,1H3,(H,20,22). The molecule has 23 heavy (non-hydrogen) atoms. The SMILES string of the molecule is CC(NCC(=O)NCCOc1ccccc1)c1ccccc1F. The van der Waals surface area contributed by atoms with Gasteiger partial charge in [-0.3, -0.25) is 4.79 Å². The maximum Gasteiger partial charge on any atom is 0.234 e. The van der Waals surface area contributed by atoms with Gasteiger partial charge in [0.15, 0.2) is 0 Å². The zero-order chi connectivity index (χ0) is 16.5. The Kier molecular flexibility index (Phi) is 6.56. The summed E-state index contributed by atoms with van der Waals surface area (Å²) in [5.41, 5.74) is 0.549. The fourth-order valence-electron chi connectivity index (χ4n) is 2.12. The lowest BCUT2D eigenvalue weighted by Crippen LogP contribution is -2.37. The Morgan fingerprint density at radius 1 is 1.13 bits per heavy atom. The molecule has 2 aromatic rings. The quantitative estimate of drug-likeness (QED) is 0.736. The van der Waals surface area contributed by atoms with Crippen LogP contribution in [0, 0.1) is 5.82 Å². The third-order valence-electron chi connectivity index (χ3n) is 3.38. The normalized spacial score (nSPS) is 11.7. The summed E-state index contributed by atoms with van der Waals surface area (Å²) in [6.45, 7) is 2.77. The maximum atomic E-state index is 13.6. The van der Waals surface area contributed by atoms with Crippen LogP contribution in [0.2, 0.25) is 0 Å². The van der Waals surface area contributed by atoms with E-state index in [2.05, 4.69) is 10.6 Å². The number of ether oxygens (including phenoxy) is 1. The average molecular weight is 316 g/mol. The first-order chi connectivity index (χ1) is 11.2. The largest absolute Gasteiger partial charge is 0.492 e. The zero-order valence-electron chi connectivity index (χ0n) is 13.1. The molecule has 122 valence electrons. The molecule has 0 heterocycles. The highest BCUT2D eigenvalue weighted by Crippen LogP contribution is 2.15.